The maximum absolute atomic E-state index is 14.0. The number of benzene rings is 2. The summed E-state index contributed by atoms with van der Waals surface area (Å²) in [5.41, 5.74) is 0.802. The number of rotatable bonds is 8. The summed E-state index contributed by atoms with van der Waals surface area (Å²) in [4.78, 5) is 42.3. The lowest BCUT2D eigenvalue weighted by Gasteiger charge is -2.57. The van der Waals surface area contributed by atoms with Crippen molar-refractivity contribution in [1.82, 2.24) is 9.62 Å². The number of nitrogens with one attached hydrogen (secondary N) is 2. The van der Waals surface area contributed by atoms with E-state index in [0.717, 1.165) is 68.3 Å². The Morgan fingerprint density at radius 1 is 0.894 bits per heavy atom. The van der Waals surface area contributed by atoms with Crippen LogP contribution in [0.5, 0.6) is 0 Å². The molecule has 13 heteroatoms. The van der Waals surface area contributed by atoms with Crippen LogP contribution < -0.4 is 14.9 Å². The Balaban J connectivity index is 0.905. The van der Waals surface area contributed by atoms with E-state index in [1.54, 1.807) is 12.1 Å². The third-order valence-corrected chi connectivity index (χ3v) is 13.1. The van der Waals surface area contributed by atoms with E-state index in [9.17, 15) is 28.1 Å². The fourth-order valence-electron chi connectivity index (χ4n) is 9.97. The molecule has 2 unspecified atom stereocenters. The Morgan fingerprint density at radius 2 is 1.55 bits per heavy atom. The lowest BCUT2D eigenvalue weighted by atomic mass is 9.49. The second kappa shape index (κ2) is 11.5. The van der Waals surface area contributed by atoms with Crippen molar-refractivity contribution in [2.24, 2.45) is 23.2 Å². The number of nitro benzene ring substituents is 1. The van der Waals surface area contributed by atoms with Gasteiger partial charge in [-0.25, -0.2) is 13.1 Å². The monoisotopic (exact) mass is 663 g/mol. The highest BCUT2D eigenvalue weighted by molar-refractivity contribution is 7.90. The highest BCUT2D eigenvalue weighted by Gasteiger charge is 2.58. The van der Waals surface area contributed by atoms with Crippen LogP contribution in [0.15, 0.2) is 47.4 Å². The zero-order valence-corrected chi connectivity index (χ0v) is 27.1. The smallest absolute Gasteiger partial charge is 0.293 e. The minimum Gasteiger partial charge on any atom is -0.381 e. The number of fused-ring (bicyclic) bond motifs is 2. The summed E-state index contributed by atoms with van der Waals surface area (Å²) in [7, 11) is -4.38. The van der Waals surface area contributed by atoms with E-state index in [1.807, 2.05) is 12.1 Å². The number of sulfonamides is 1. The van der Waals surface area contributed by atoms with Crippen molar-refractivity contribution in [3.63, 3.8) is 0 Å². The molecule has 2 aromatic carbocycles. The van der Waals surface area contributed by atoms with E-state index in [1.165, 1.54) is 31.4 Å². The van der Waals surface area contributed by atoms with Gasteiger partial charge in [-0.15, -0.1) is 0 Å². The molecule has 0 aromatic heterocycles. The number of ether oxygens (including phenoxy) is 1. The van der Waals surface area contributed by atoms with Crippen LogP contribution in [0.4, 0.5) is 17.1 Å². The molecule has 4 aliphatic carbocycles. The quantitative estimate of drug-likeness (QED) is 0.311. The SMILES string of the molecule is O=C(NS(=O)(=O)c1ccc(NC2CCOCC2)c([N+](=O)[O-])c1)c1ccc(N2CC3CC2CN3C(=O)C23CC4CC(CC(C4)C2)C3)cc1. The number of hydrogen-bond donors (Lipinski definition) is 2. The lowest BCUT2D eigenvalue weighted by Crippen LogP contribution is -2.58. The second-order valence-corrected chi connectivity index (χ2v) is 16.5. The van der Waals surface area contributed by atoms with Gasteiger partial charge < -0.3 is 19.9 Å². The standard InChI is InChI=1S/C34H41N5O7S/c40-32(36-47(44,45)29-5-6-30(31(15-29)39(42)43)35-25-7-9-46-10-8-25)24-1-3-26(4-2-24)37-19-28-14-27(37)20-38(28)33(41)34-16-21-11-22(17-34)13-23(12-21)18-34/h1-6,15,21-23,25,27-28,35H,7-14,16-20H2,(H,36,40). The molecule has 12 nitrogen and oxygen atoms in total. The van der Waals surface area contributed by atoms with Crippen LogP contribution in [0.3, 0.4) is 0 Å². The van der Waals surface area contributed by atoms with Crippen LogP contribution in [-0.2, 0) is 19.6 Å². The molecule has 250 valence electrons. The number of amides is 2. The minimum absolute atomic E-state index is 0.0174. The number of nitro groups is 1. The Bertz CT molecular complexity index is 1670. The van der Waals surface area contributed by atoms with E-state index >= 15 is 0 Å². The van der Waals surface area contributed by atoms with E-state index in [0.29, 0.717) is 32.0 Å². The fraction of sp³-hybridized carbons (Fsp3) is 0.588. The van der Waals surface area contributed by atoms with Gasteiger partial charge in [0.1, 0.15) is 5.69 Å². The van der Waals surface area contributed by atoms with Crippen LogP contribution in [0.25, 0.3) is 0 Å². The van der Waals surface area contributed by atoms with Crippen molar-refractivity contribution in [2.45, 2.75) is 80.8 Å². The zero-order valence-electron chi connectivity index (χ0n) is 26.3. The Labute approximate surface area is 274 Å². The predicted molar refractivity (Wildman–Crippen MR) is 174 cm³/mol. The molecular formula is C34H41N5O7S. The van der Waals surface area contributed by atoms with Crippen LogP contribution in [0, 0.1) is 33.3 Å². The summed E-state index contributed by atoms with van der Waals surface area (Å²) in [6.45, 7) is 2.57. The van der Waals surface area contributed by atoms with Crippen LogP contribution in [0.1, 0.15) is 68.1 Å². The maximum Gasteiger partial charge on any atom is 0.293 e. The molecule has 3 heterocycles. The molecule has 9 rings (SSSR count). The molecule has 4 saturated carbocycles. The fourth-order valence-corrected chi connectivity index (χ4v) is 11.0. The number of carbonyl (C=O) groups is 2. The molecule has 7 fully saturated rings. The summed E-state index contributed by atoms with van der Waals surface area (Å²) >= 11 is 0. The van der Waals surface area contributed by atoms with E-state index in [4.69, 9.17) is 4.74 Å². The summed E-state index contributed by atoms with van der Waals surface area (Å²) < 4.78 is 33.6. The Morgan fingerprint density at radius 3 is 2.15 bits per heavy atom. The number of piperazine rings is 1. The molecule has 6 bridgehead atoms. The van der Waals surface area contributed by atoms with Gasteiger partial charge in [0.2, 0.25) is 5.91 Å². The number of likely N-dealkylation sites (tertiary alicyclic amines) is 1. The molecule has 0 spiro atoms. The van der Waals surface area contributed by atoms with Crippen molar-refractivity contribution in [1.29, 1.82) is 0 Å². The Hall–Kier alpha value is -3.71. The van der Waals surface area contributed by atoms with Gasteiger partial charge >= 0.3 is 0 Å². The topological polar surface area (TPSA) is 151 Å². The molecule has 7 aliphatic rings. The third kappa shape index (κ3) is 5.54. The van der Waals surface area contributed by atoms with Gasteiger partial charge in [0, 0.05) is 55.7 Å². The normalized spacial score (nSPS) is 31.3. The first-order valence-corrected chi connectivity index (χ1v) is 18.4. The van der Waals surface area contributed by atoms with Gasteiger partial charge in [-0.2, -0.15) is 0 Å². The average Bonchev–Trinajstić information content (AvgIpc) is 3.66. The average molecular weight is 664 g/mol. The summed E-state index contributed by atoms with van der Waals surface area (Å²) in [5, 5.41) is 14.9. The first kappa shape index (κ1) is 30.6. The van der Waals surface area contributed by atoms with E-state index in [2.05, 4.69) is 19.8 Å². The van der Waals surface area contributed by atoms with Crippen molar-refractivity contribution in [2.75, 3.05) is 36.5 Å². The summed E-state index contributed by atoms with van der Waals surface area (Å²) in [6, 6.07) is 10.8. The minimum atomic E-state index is -4.38. The van der Waals surface area contributed by atoms with Crippen molar-refractivity contribution < 1.29 is 27.7 Å². The van der Waals surface area contributed by atoms with Crippen LogP contribution >= 0.6 is 0 Å². The van der Waals surface area contributed by atoms with E-state index < -0.39 is 20.9 Å². The molecule has 3 saturated heterocycles. The second-order valence-electron chi connectivity index (χ2n) is 14.8. The highest BCUT2D eigenvalue weighted by Crippen LogP contribution is 2.61. The predicted octanol–water partition coefficient (Wildman–Crippen LogP) is 4.31. The van der Waals surface area contributed by atoms with Crippen molar-refractivity contribution in [3.05, 3.63) is 58.1 Å². The van der Waals surface area contributed by atoms with Crippen molar-refractivity contribution >= 4 is 38.9 Å². The van der Waals surface area contributed by atoms with Gasteiger partial charge in [0.05, 0.1) is 21.3 Å². The molecule has 2 aromatic rings. The van der Waals surface area contributed by atoms with Gasteiger partial charge in [-0.3, -0.25) is 19.7 Å². The first-order valence-electron chi connectivity index (χ1n) is 16.9. The summed E-state index contributed by atoms with van der Waals surface area (Å²) in [5.74, 6) is 1.77. The summed E-state index contributed by atoms with van der Waals surface area (Å²) in [6.07, 6.45) is 9.48. The van der Waals surface area contributed by atoms with Gasteiger partial charge in [0.25, 0.3) is 21.6 Å². The van der Waals surface area contributed by atoms with Gasteiger partial charge in [-0.05, 0) is 112 Å². The molecule has 3 aliphatic heterocycles. The molecular weight excluding hydrogens is 622 g/mol. The third-order valence-electron chi connectivity index (χ3n) is 11.7. The highest BCUT2D eigenvalue weighted by atomic mass is 32.2. The van der Waals surface area contributed by atoms with Crippen LogP contribution in [-0.4, -0.2) is 74.5 Å². The molecule has 2 amide bonds. The molecule has 2 N–H and O–H groups in total. The van der Waals surface area contributed by atoms with Gasteiger partial charge in [-0.1, -0.05) is 0 Å². The molecule has 0 radical (unpaired) electrons. The number of nitrogens with zero attached hydrogens (tertiary/aromatic N) is 3. The molecule has 47 heavy (non-hydrogen) atoms. The largest absolute Gasteiger partial charge is 0.381 e. The zero-order chi connectivity index (χ0) is 32.5. The lowest BCUT2D eigenvalue weighted by molar-refractivity contribution is -0.384. The number of hydrogen-bond acceptors (Lipinski definition) is 9. The Kier molecular flexibility index (Phi) is 7.47. The number of anilines is 2. The first-order chi connectivity index (χ1) is 22.6. The van der Waals surface area contributed by atoms with E-state index in [-0.39, 0.29) is 45.4 Å². The maximum atomic E-state index is 14.0. The van der Waals surface area contributed by atoms with Crippen LogP contribution in [0.2, 0.25) is 0 Å². The molecule has 2 atom stereocenters. The number of carbonyl (C=O) groups excluding carboxylic acids is 2. The van der Waals surface area contributed by atoms with Crippen molar-refractivity contribution in [3.8, 4) is 0 Å². The van der Waals surface area contributed by atoms with Gasteiger partial charge in [0.15, 0.2) is 0 Å².